The Bertz CT molecular complexity index is 876. The van der Waals surface area contributed by atoms with E-state index in [0.29, 0.717) is 6.42 Å². The van der Waals surface area contributed by atoms with Crippen molar-refractivity contribution in [2.45, 2.75) is 45.3 Å². The Morgan fingerprint density at radius 3 is 2.75 bits per heavy atom. The summed E-state index contributed by atoms with van der Waals surface area (Å²) in [5.41, 5.74) is 4.35. The lowest BCUT2D eigenvalue weighted by atomic mass is 9.88. The SMILES string of the molecule is CC(C)=C[C@@H]1c2[nH]c3ccccc3c2C[C@H]2C(=O)N[C@@H](C)C(=O)N12. The molecule has 5 nitrogen and oxygen atoms in total. The molecule has 3 heterocycles. The fraction of sp³-hybridized carbons (Fsp3) is 0.368. The number of aromatic amines is 1. The molecule has 124 valence electrons. The number of aromatic nitrogens is 1. The van der Waals surface area contributed by atoms with Gasteiger partial charge in [0.25, 0.3) is 0 Å². The molecule has 2 aromatic rings. The van der Waals surface area contributed by atoms with Gasteiger partial charge >= 0.3 is 0 Å². The highest BCUT2D eigenvalue weighted by atomic mass is 16.2. The largest absolute Gasteiger partial charge is 0.356 e. The third-order valence-corrected chi connectivity index (χ3v) is 4.95. The maximum atomic E-state index is 12.8. The first-order valence-corrected chi connectivity index (χ1v) is 8.34. The quantitative estimate of drug-likeness (QED) is 0.792. The zero-order valence-electron chi connectivity index (χ0n) is 14.1. The van der Waals surface area contributed by atoms with E-state index >= 15 is 0 Å². The average Bonchev–Trinajstić information content (AvgIpc) is 2.91. The second-order valence-electron chi connectivity index (χ2n) is 6.95. The number of benzene rings is 1. The maximum absolute atomic E-state index is 12.8. The van der Waals surface area contributed by atoms with Crippen molar-refractivity contribution < 1.29 is 9.59 Å². The number of para-hydroxylation sites is 1. The number of H-pyrrole nitrogens is 1. The second-order valence-corrected chi connectivity index (χ2v) is 6.95. The van der Waals surface area contributed by atoms with Gasteiger partial charge in [0.2, 0.25) is 11.8 Å². The van der Waals surface area contributed by atoms with Crippen molar-refractivity contribution in [1.29, 1.82) is 0 Å². The van der Waals surface area contributed by atoms with Gasteiger partial charge in [-0.1, -0.05) is 29.8 Å². The van der Waals surface area contributed by atoms with E-state index in [-0.39, 0.29) is 17.9 Å². The molecule has 0 aliphatic carbocycles. The van der Waals surface area contributed by atoms with Crippen LogP contribution in [0.5, 0.6) is 0 Å². The first-order chi connectivity index (χ1) is 11.5. The van der Waals surface area contributed by atoms with Gasteiger partial charge in [-0.2, -0.15) is 0 Å². The van der Waals surface area contributed by atoms with Crippen LogP contribution in [0.1, 0.15) is 38.1 Å². The number of hydrogen-bond donors (Lipinski definition) is 2. The molecule has 1 saturated heterocycles. The zero-order valence-corrected chi connectivity index (χ0v) is 14.1. The normalized spacial score (nSPS) is 26.0. The van der Waals surface area contributed by atoms with Gasteiger partial charge in [0.05, 0.1) is 6.04 Å². The Morgan fingerprint density at radius 1 is 1.25 bits per heavy atom. The molecule has 1 aromatic carbocycles. The number of carbonyl (C=O) groups excluding carboxylic acids is 2. The van der Waals surface area contributed by atoms with Gasteiger partial charge in [0.15, 0.2) is 0 Å². The highest BCUT2D eigenvalue weighted by Gasteiger charge is 2.46. The van der Waals surface area contributed by atoms with Gasteiger partial charge < -0.3 is 15.2 Å². The van der Waals surface area contributed by atoms with Gasteiger partial charge in [-0.25, -0.2) is 0 Å². The molecule has 1 fully saturated rings. The summed E-state index contributed by atoms with van der Waals surface area (Å²) in [6, 6.07) is 6.97. The number of nitrogens with one attached hydrogen (secondary N) is 2. The van der Waals surface area contributed by atoms with E-state index in [1.54, 1.807) is 11.8 Å². The summed E-state index contributed by atoms with van der Waals surface area (Å²) >= 11 is 0. The first-order valence-electron chi connectivity index (χ1n) is 8.34. The van der Waals surface area contributed by atoms with Crippen LogP contribution in [-0.2, 0) is 16.0 Å². The topological polar surface area (TPSA) is 65.2 Å². The standard InChI is InChI=1S/C19H21N3O2/c1-10(2)8-15-17-13(12-6-4-5-7-14(12)21-17)9-16-18(23)20-11(3)19(24)22(15)16/h4-8,11,15-16,21H,9H2,1-3H3,(H,20,23)/t11-,15+,16-/m0/s1. The predicted molar refractivity (Wildman–Crippen MR) is 92.4 cm³/mol. The third kappa shape index (κ3) is 2.08. The van der Waals surface area contributed by atoms with Crippen LogP contribution < -0.4 is 5.32 Å². The lowest BCUT2D eigenvalue weighted by molar-refractivity contribution is -0.151. The van der Waals surface area contributed by atoms with Crippen molar-refractivity contribution in [1.82, 2.24) is 15.2 Å². The summed E-state index contributed by atoms with van der Waals surface area (Å²) in [6.45, 7) is 5.78. The van der Waals surface area contributed by atoms with E-state index in [1.807, 2.05) is 32.0 Å². The smallest absolute Gasteiger partial charge is 0.246 e. The van der Waals surface area contributed by atoms with Gasteiger partial charge in [-0.15, -0.1) is 0 Å². The number of amides is 2. The van der Waals surface area contributed by atoms with Crippen molar-refractivity contribution in [3.8, 4) is 0 Å². The molecular weight excluding hydrogens is 302 g/mol. The molecule has 5 heteroatoms. The van der Waals surface area contributed by atoms with Crippen molar-refractivity contribution in [3.63, 3.8) is 0 Å². The number of fused-ring (bicyclic) bond motifs is 4. The lowest BCUT2D eigenvalue weighted by Gasteiger charge is -2.45. The van der Waals surface area contributed by atoms with Crippen molar-refractivity contribution in [2.24, 2.45) is 0 Å². The van der Waals surface area contributed by atoms with E-state index in [1.165, 1.54) is 0 Å². The third-order valence-electron chi connectivity index (χ3n) is 4.95. The van der Waals surface area contributed by atoms with E-state index in [0.717, 1.165) is 27.7 Å². The fourth-order valence-corrected chi connectivity index (χ4v) is 3.90. The highest BCUT2D eigenvalue weighted by Crippen LogP contribution is 2.39. The van der Waals surface area contributed by atoms with E-state index in [9.17, 15) is 9.59 Å². The minimum atomic E-state index is -0.479. The lowest BCUT2D eigenvalue weighted by Crippen LogP contribution is -2.64. The van der Waals surface area contributed by atoms with Gasteiger partial charge in [-0.3, -0.25) is 9.59 Å². The first kappa shape index (κ1) is 15.0. The Labute approximate surface area is 140 Å². The van der Waals surface area contributed by atoms with Crippen LogP contribution in [0.3, 0.4) is 0 Å². The number of hydrogen-bond acceptors (Lipinski definition) is 2. The van der Waals surface area contributed by atoms with Crippen LogP contribution in [0.4, 0.5) is 0 Å². The molecule has 0 radical (unpaired) electrons. The predicted octanol–water partition coefficient (Wildman–Crippen LogP) is 2.45. The summed E-state index contributed by atoms with van der Waals surface area (Å²) in [7, 11) is 0. The molecule has 2 amide bonds. The molecule has 2 aliphatic rings. The summed E-state index contributed by atoms with van der Waals surface area (Å²) in [5.74, 6) is -0.0865. The highest BCUT2D eigenvalue weighted by molar-refractivity contribution is 5.99. The van der Waals surface area contributed by atoms with Crippen LogP contribution in [0, 0.1) is 0 Å². The number of nitrogens with zero attached hydrogens (tertiary/aromatic N) is 1. The molecule has 0 saturated carbocycles. The molecule has 2 aliphatic heterocycles. The number of allylic oxidation sites excluding steroid dienone is 1. The monoisotopic (exact) mass is 323 g/mol. The fourth-order valence-electron chi connectivity index (χ4n) is 3.90. The molecule has 24 heavy (non-hydrogen) atoms. The molecule has 3 atom stereocenters. The Kier molecular flexibility index (Phi) is 3.27. The van der Waals surface area contributed by atoms with Crippen LogP contribution >= 0.6 is 0 Å². The summed E-state index contributed by atoms with van der Waals surface area (Å²) in [6.07, 6.45) is 2.63. The van der Waals surface area contributed by atoms with Gasteiger partial charge in [0.1, 0.15) is 12.1 Å². The average molecular weight is 323 g/mol. The van der Waals surface area contributed by atoms with E-state index < -0.39 is 12.1 Å². The summed E-state index contributed by atoms with van der Waals surface area (Å²) in [4.78, 5) is 30.6. The number of rotatable bonds is 1. The maximum Gasteiger partial charge on any atom is 0.246 e. The Morgan fingerprint density at radius 2 is 2.00 bits per heavy atom. The minimum absolute atomic E-state index is 0.0218. The Hall–Kier alpha value is -2.56. The molecule has 1 aromatic heterocycles. The van der Waals surface area contributed by atoms with Crippen molar-refractivity contribution in [2.75, 3.05) is 0 Å². The van der Waals surface area contributed by atoms with Crippen LogP contribution in [-0.4, -0.2) is 33.8 Å². The van der Waals surface area contributed by atoms with Crippen molar-refractivity contribution >= 4 is 22.7 Å². The zero-order chi connectivity index (χ0) is 17.0. The number of piperazine rings is 1. The van der Waals surface area contributed by atoms with E-state index in [4.69, 9.17) is 0 Å². The molecule has 0 unspecified atom stereocenters. The van der Waals surface area contributed by atoms with Crippen LogP contribution in [0.15, 0.2) is 35.9 Å². The number of carbonyl (C=O) groups is 2. The second kappa shape index (κ2) is 5.23. The molecule has 2 N–H and O–H groups in total. The molecule has 4 rings (SSSR count). The summed E-state index contributed by atoms with van der Waals surface area (Å²) in [5, 5.41) is 3.95. The van der Waals surface area contributed by atoms with E-state index in [2.05, 4.69) is 22.4 Å². The minimum Gasteiger partial charge on any atom is -0.356 e. The van der Waals surface area contributed by atoms with Crippen LogP contribution in [0.25, 0.3) is 10.9 Å². The summed E-state index contributed by atoms with van der Waals surface area (Å²) < 4.78 is 0. The van der Waals surface area contributed by atoms with Crippen molar-refractivity contribution in [3.05, 3.63) is 47.2 Å². The Balaban J connectivity index is 1.95. The molecule has 0 bridgehead atoms. The van der Waals surface area contributed by atoms with Gasteiger partial charge in [-0.05, 0) is 32.4 Å². The van der Waals surface area contributed by atoms with Crippen LogP contribution in [0.2, 0.25) is 0 Å². The molecular formula is C19H21N3O2. The van der Waals surface area contributed by atoms with Gasteiger partial charge in [0, 0.05) is 23.0 Å². The molecule has 0 spiro atoms.